The lowest BCUT2D eigenvalue weighted by atomic mass is 10.1. The molecule has 2 heteroatoms. The number of morpholine rings is 1. The Morgan fingerprint density at radius 3 is 2.62 bits per heavy atom. The van der Waals surface area contributed by atoms with Gasteiger partial charge in [0.05, 0.1) is 13.2 Å². The second-order valence-electron chi connectivity index (χ2n) is 5.22. The van der Waals surface area contributed by atoms with Gasteiger partial charge in [0.25, 0.3) is 0 Å². The van der Waals surface area contributed by atoms with E-state index < -0.39 is 0 Å². The molecule has 2 nitrogen and oxygen atoms in total. The quantitative estimate of drug-likeness (QED) is 0.608. The van der Waals surface area contributed by atoms with Crippen molar-refractivity contribution in [3.8, 4) is 0 Å². The van der Waals surface area contributed by atoms with Crippen LogP contribution in [0.2, 0.25) is 0 Å². The fourth-order valence-corrected chi connectivity index (χ4v) is 3.36. The molecule has 3 fully saturated rings. The first-order valence-corrected chi connectivity index (χ1v) is 5.61. The number of nitrogens with zero attached hydrogens (tertiary/aromatic N) is 1. The van der Waals surface area contributed by atoms with Crippen LogP contribution in [-0.4, -0.2) is 37.2 Å². The molecule has 1 aliphatic heterocycles. The maximum absolute atomic E-state index is 5.39. The van der Waals surface area contributed by atoms with Gasteiger partial charge in [-0.1, -0.05) is 6.92 Å². The van der Waals surface area contributed by atoms with Crippen molar-refractivity contribution >= 4 is 0 Å². The van der Waals surface area contributed by atoms with Crippen molar-refractivity contribution in [2.45, 2.75) is 32.2 Å². The van der Waals surface area contributed by atoms with E-state index in [2.05, 4.69) is 11.8 Å². The molecule has 0 aromatic rings. The van der Waals surface area contributed by atoms with Gasteiger partial charge in [-0.25, -0.2) is 0 Å². The lowest BCUT2D eigenvalue weighted by Crippen LogP contribution is -2.43. The average Bonchev–Trinajstić information content (AvgIpc) is 2.71. The zero-order valence-electron chi connectivity index (χ0n) is 8.46. The van der Waals surface area contributed by atoms with Gasteiger partial charge in [0, 0.05) is 19.1 Å². The first-order valence-electron chi connectivity index (χ1n) is 5.61. The van der Waals surface area contributed by atoms with Crippen LogP contribution in [0.25, 0.3) is 0 Å². The number of hydrogen-bond acceptors (Lipinski definition) is 2. The van der Waals surface area contributed by atoms with Gasteiger partial charge in [0.2, 0.25) is 0 Å². The van der Waals surface area contributed by atoms with Crippen LogP contribution in [0.4, 0.5) is 0 Å². The normalized spacial score (nSPS) is 50.5. The van der Waals surface area contributed by atoms with E-state index in [1.54, 1.807) is 0 Å². The lowest BCUT2D eigenvalue weighted by Gasteiger charge is -2.33. The predicted octanol–water partition coefficient (Wildman–Crippen LogP) is 1.51. The zero-order valence-corrected chi connectivity index (χ0v) is 8.46. The molecule has 3 atom stereocenters. The van der Waals surface area contributed by atoms with E-state index >= 15 is 0 Å². The minimum atomic E-state index is 0.753. The number of rotatable bonds is 1. The summed E-state index contributed by atoms with van der Waals surface area (Å²) in [5, 5.41) is 0. The van der Waals surface area contributed by atoms with Crippen molar-refractivity contribution in [1.29, 1.82) is 0 Å². The van der Waals surface area contributed by atoms with Crippen LogP contribution in [-0.2, 0) is 4.74 Å². The average molecular weight is 181 g/mol. The van der Waals surface area contributed by atoms with Crippen LogP contribution < -0.4 is 0 Å². The second-order valence-corrected chi connectivity index (χ2v) is 5.22. The molecule has 2 saturated carbocycles. The van der Waals surface area contributed by atoms with E-state index in [9.17, 15) is 0 Å². The summed E-state index contributed by atoms with van der Waals surface area (Å²) in [6, 6.07) is 0.911. The van der Waals surface area contributed by atoms with E-state index in [1.165, 1.54) is 32.4 Å². The molecule has 0 N–H and O–H groups in total. The highest BCUT2D eigenvalue weighted by Crippen LogP contribution is 2.64. The highest BCUT2D eigenvalue weighted by atomic mass is 16.5. The van der Waals surface area contributed by atoms with E-state index in [-0.39, 0.29) is 0 Å². The smallest absolute Gasteiger partial charge is 0.0594 e. The van der Waals surface area contributed by atoms with Gasteiger partial charge >= 0.3 is 0 Å². The minimum absolute atomic E-state index is 0.753. The van der Waals surface area contributed by atoms with Gasteiger partial charge in [0.15, 0.2) is 0 Å². The van der Waals surface area contributed by atoms with Crippen molar-refractivity contribution in [2.24, 2.45) is 11.3 Å². The van der Waals surface area contributed by atoms with Crippen LogP contribution in [0.15, 0.2) is 0 Å². The fourth-order valence-electron chi connectivity index (χ4n) is 3.36. The molecule has 1 unspecified atom stereocenters. The maximum Gasteiger partial charge on any atom is 0.0594 e. The first-order chi connectivity index (χ1) is 6.30. The molecule has 2 aliphatic carbocycles. The Hall–Kier alpha value is -0.0800. The Morgan fingerprint density at radius 2 is 2.08 bits per heavy atom. The summed E-state index contributed by atoms with van der Waals surface area (Å²) >= 11 is 0. The monoisotopic (exact) mass is 181 g/mol. The largest absolute Gasteiger partial charge is 0.379 e. The highest BCUT2D eigenvalue weighted by molar-refractivity contribution is 5.10. The summed E-state index contributed by atoms with van der Waals surface area (Å²) in [5.41, 5.74) is 0.753. The summed E-state index contributed by atoms with van der Waals surface area (Å²) in [6.45, 7) is 6.74. The Labute approximate surface area is 80.2 Å². The van der Waals surface area contributed by atoms with Gasteiger partial charge in [-0.2, -0.15) is 0 Å². The van der Waals surface area contributed by atoms with Crippen LogP contribution >= 0.6 is 0 Å². The van der Waals surface area contributed by atoms with Gasteiger partial charge in [-0.15, -0.1) is 0 Å². The summed E-state index contributed by atoms with van der Waals surface area (Å²) in [4.78, 5) is 2.67. The third-order valence-corrected chi connectivity index (χ3v) is 4.41. The SMILES string of the molecule is C[C@]12CCC(N3CCOCC3)[C@H]1C2. The van der Waals surface area contributed by atoms with Crippen LogP contribution in [0, 0.1) is 11.3 Å². The molecule has 0 aromatic heterocycles. The third-order valence-electron chi connectivity index (χ3n) is 4.41. The summed E-state index contributed by atoms with van der Waals surface area (Å²) in [6.07, 6.45) is 4.41. The number of hydrogen-bond donors (Lipinski definition) is 0. The Kier molecular flexibility index (Phi) is 1.72. The lowest BCUT2D eigenvalue weighted by molar-refractivity contribution is 0.0132. The molecule has 0 spiro atoms. The predicted molar refractivity (Wildman–Crippen MR) is 51.6 cm³/mol. The molecule has 13 heavy (non-hydrogen) atoms. The Bertz CT molecular complexity index is 212. The van der Waals surface area contributed by atoms with Crippen LogP contribution in [0.1, 0.15) is 26.2 Å². The first kappa shape index (κ1) is 8.25. The van der Waals surface area contributed by atoms with Gasteiger partial charge < -0.3 is 4.74 Å². The maximum atomic E-state index is 5.39. The standard InChI is InChI=1S/C11H19NO/c1-11-3-2-10(9(11)8-11)12-4-6-13-7-5-12/h9-10H,2-8H2,1H3/t9-,10?,11-/m1/s1. The molecule has 0 radical (unpaired) electrons. The molecular formula is C11H19NO. The van der Waals surface area contributed by atoms with Crippen molar-refractivity contribution in [1.82, 2.24) is 4.90 Å². The van der Waals surface area contributed by atoms with E-state index in [0.29, 0.717) is 0 Å². The Balaban J connectivity index is 1.66. The summed E-state index contributed by atoms with van der Waals surface area (Å²) in [5.74, 6) is 1.03. The van der Waals surface area contributed by atoms with Crippen molar-refractivity contribution in [3.05, 3.63) is 0 Å². The molecule has 1 heterocycles. The molecule has 1 saturated heterocycles. The molecule has 0 bridgehead atoms. The molecule has 3 aliphatic rings. The third kappa shape index (κ3) is 1.23. The van der Waals surface area contributed by atoms with Crippen LogP contribution in [0.3, 0.4) is 0 Å². The molecular weight excluding hydrogens is 162 g/mol. The molecule has 74 valence electrons. The van der Waals surface area contributed by atoms with Crippen molar-refractivity contribution in [3.63, 3.8) is 0 Å². The second kappa shape index (κ2) is 2.71. The fraction of sp³-hybridized carbons (Fsp3) is 1.00. The van der Waals surface area contributed by atoms with Gasteiger partial charge in [-0.05, 0) is 30.6 Å². The molecule has 3 rings (SSSR count). The van der Waals surface area contributed by atoms with Crippen molar-refractivity contribution in [2.75, 3.05) is 26.3 Å². The summed E-state index contributed by atoms with van der Waals surface area (Å²) < 4.78 is 5.39. The van der Waals surface area contributed by atoms with Gasteiger partial charge in [0.1, 0.15) is 0 Å². The highest BCUT2D eigenvalue weighted by Gasteiger charge is 2.59. The minimum Gasteiger partial charge on any atom is -0.379 e. The zero-order chi connectivity index (χ0) is 8.89. The Morgan fingerprint density at radius 1 is 1.31 bits per heavy atom. The number of fused-ring (bicyclic) bond motifs is 1. The topological polar surface area (TPSA) is 12.5 Å². The van der Waals surface area contributed by atoms with Crippen molar-refractivity contribution < 1.29 is 4.74 Å². The van der Waals surface area contributed by atoms with Gasteiger partial charge in [-0.3, -0.25) is 4.90 Å². The van der Waals surface area contributed by atoms with E-state index in [0.717, 1.165) is 30.6 Å². The van der Waals surface area contributed by atoms with E-state index in [4.69, 9.17) is 4.74 Å². The van der Waals surface area contributed by atoms with E-state index in [1.807, 2.05) is 0 Å². The van der Waals surface area contributed by atoms with Crippen LogP contribution in [0.5, 0.6) is 0 Å². The molecule has 0 amide bonds. The number of ether oxygens (including phenoxy) is 1. The summed E-state index contributed by atoms with van der Waals surface area (Å²) in [7, 11) is 0. The molecule has 0 aromatic carbocycles.